The van der Waals surface area contributed by atoms with E-state index in [1.807, 2.05) is 51.1 Å². The summed E-state index contributed by atoms with van der Waals surface area (Å²) in [7, 11) is 0. The summed E-state index contributed by atoms with van der Waals surface area (Å²) in [5.74, 6) is 2.05. The van der Waals surface area contributed by atoms with E-state index in [2.05, 4.69) is 5.32 Å². The van der Waals surface area contributed by atoms with E-state index in [-0.39, 0.29) is 11.8 Å². The van der Waals surface area contributed by atoms with Crippen LogP contribution in [0.2, 0.25) is 0 Å². The molecule has 1 heterocycles. The number of nitrogens with zero attached hydrogens (tertiary/aromatic N) is 1. The Morgan fingerprint density at radius 1 is 0.897 bits per heavy atom. The molecule has 0 saturated carbocycles. The monoisotopic (exact) mass is 534 g/mol. The van der Waals surface area contributed by atoms with Crippen LogP contribution in [0.4, 0.5) is 11.4 Å². The number of nitrogens with one attached hydrogen (secondary N) is 1. The second-order valence-electron chi connectivity index (χ2n) is 8.65. The van der Waals surface area contributed by atoms with E-state index in [1.54, 1.807) is 42.2 Å². The van der Waals surface area contributed by atoms with Gasteiger partial charge in [-0.15, -0.1) is 0 Å². The van der Waals surface area contributed by atoms with Gasteiger partial charge in [0.1, 0.15) is 18.1 Å². The molecule has 9 heteroatoms. The number of hydrogen-bond acceptors (Lipinski definition) is 7. The predicted octanol–water partition coefficient (Wildman–Crippen LogP) is 5.33. The number of hydrogen-bond donors (Lipinski definition) is 1. The molecule has 206 valence electrons. The van der Waals surface area contributed by atoms with Crippen LogP contribution in [-0.4, -0.2) is 50.9 Å². The number of anilines is 2. The van der Waals surface area contributed by atoms with Crippen molar-refractivity contribution in [2.45, 2.75) is 33.8 Å². The number of ether oxygens (including phenoxy) is 5. The molecule has 0 aliphatic carbocycles. The van der Waals surface area contributed by atoms with Crippen molar-refractivity contribution in [3.8, 4) is 28.7 Å². The third-order valence-corrected chi connectivity index (χ3v) is 5.92. The Kier molecular flexibility index (Phi) is 9.14. The number of benzene rings is 3. The highest BCUT2D eigenvalue weighted by Gasteiger charge is 2.32. The summed E-state index contributed by atoms with van der Waals surface area (Å²) in [6, 6.07) is 17.9. The maximum absolute atomic E-state index is 13.3. The third-order valence-electron chi connectivity index (χ3n) is 5.92. The zero-order valence-electron chi connectivity index (χ0n) is 22.7. The highest BCUT2D eigenvalue weighted by atomic mass is 16.5. The maximum atomic E-state index is 13.3. The van der Waals surface area contributed by atoms with Gasteiger partial charge < -0.3 is 33.9 Å². The fraction of sp³-hybridized carbons (Fsp3) is 0.333. The largest absolute Gasteiger partial charge is 0.492 e. The number of carbonyl (C=O) groups excluding carboxylic acids is 2. The number of amides is 2. The van der Waals surface area contributed by atoms with Crippen LogP contribution in [0, 0.1) is 0 Å². The summed E-state index contributed by atoms with van der Waals surface area (Å²) in [5, 5.41) is 2.91. The highest BCUT2D eigenvalue weighted by molar-refractivity contribution is 6.06. The number of carbonyl (C=O) groups is 2. The predicted molar refractivity (Wildman–Crippen MR) is 149 cm³/mol. The molecule has 1 aliphatic rings. The molecule has 39 heavy (non-hydrogen) atoms. The lowest BCUT2D eigenvalue weighted by Gasteiger charge is -2.33. The Labute approximate surface area is 228 Å². The van der Waals surface area contributed by atoms with E-state index in [0.29, 0.717) is 72.9 Å². The van der Waals surface area contributed by atoms with Gasteiger partial charge >= 0.3 is 0 Å². The van der Waals surface area contributed by atoms with Gasteiger partial charge in [0, 0.05) is 11.3 Å². The average Bonchev–Trinajstić information content (AvgIpc) is 2.93. The van der Waals surface area contributed by atoms with Crippen molar-refractivity contribution in [3.05, 3.63) is 66.2 Å². The summed E-state index contributed by atoms with van der Waals surface area (Å²) in [5.41, 5.74) is 1.41. The van der Waals surface area contributed by atoms with Crippen molar-refractivity contribution in [1.29, 1.82) is 0 Å². The zero-order chi connectivity index (χ0) is 27.8. The van der Waals surface area contributed by atoms with E-state index in [9.17, 15) is 9.59 Å². The first-order valence-corrected chi connectivity index (χ1v) is 13.1. The van der Waals surface area contributed by atoms with Crippen LogP contribution in [0.1, 0.15) is 38.1 Å². The van der Waals surface area contributed by atoms with Crippen LogP contribution in [0.15, 0.2) is 60.7 Å². The second kappa shape index (κ2) is 12.9. The molecule has 0 fully saturated rings. The summed E-state index contributed by atoms with van der Waals surface area (Å²) in [6.07, 6.45) is -0.632. The quantitative estimate of drug-likeness (QED) is 0.336. The van der Waals surface area contributed by atoms with Crippen LogP contribution < -0.4 is 33.9 Å². The Hall–Kier alpha value is -4.40. The molecule has 3 aromatic rings. The van der Waals surface area contributed by atoms with Gasteiger partial charge in [0.15, 0.2) is 17.6 Å². The van der Waals surface area contributed by atoms with Crippen molar-refractivity contribution in [2.24, 2.45) is 0 Å². The average molecular weight is 535 g/mol. The minimum atomic E-state index is -0.632. The van der Waals surface area contributed by atoms with E-state index in [4.69, 9.17) is 23.7 Å². The van der Waals surface area contributed by atoms with Crippen molar-refractivity contribution in [3.63, 3.8) is 0 Å². The van der Waals surface area contributed by atoms with E-state index < -0.39 is 6.10 Å². The fourth-order valence-corrected chi connectivity index (χ4v) is 4.21. The Bertz CT molecular complexity index is 1270. The summed E-state index contributed by atoms with van der Waals surface area (Å²) < 4.78 is 28.8. The minimum Gasteiger partial charge on any atom is -0.492 e. The molecule has 9 nitrogen and oxygen atoms in total. The minimum absolute atomic E-state index is 0.183. The second-order valence-corrected chi connectivity index (χ2v) is 8.65. The van der Waals surface area contributed by atoms with Gasteiger partial charge in [-0.2, -0.15) is 0 Å². The normalized spacial score (nSPS) is 14.2. The summed E-state index contributed by atoms with van der Waals surface area (Å²) in [6.45, 7) is 9.14. The molecule has 0 radical (unpaired) electrons. The van der Waals surface area contributed by atoms with E-state index >= 15 is 0 Å². The van der Waals surface area contributed by atoms with E-state index in [0.717, 1.165) is 5.75 Å². The smallest absolute Gasteiger partial charge is 0.267 e. The molecule has 4 rings (SSSR count). The van der Waals surface area contributed by atoms with Crippen LogP contribution in [0.3, 0.4) is 0 Å². The first-order chi connectivity index (χ1) is 18.9. The molecule has 1 aliphatic heterocycles. The molecule has 0 bridgehead atoms. The standard InChI is InChI=1S/C30H34N2O7/c1-5-35-26-17-21(18-27(36-6-2)28(26)37-7-3)29(33)31-22-13-14-25-24(19-22)32(30(34)20(4)39-25)15-16-38-23-11-9-8-10-12-23/h8-14,17-20H,5-7,15-16H2,1-4H3,(H,31,33). The van der Waals surface area contributed by atoms with Gasteiger partial charge in [-0.1, -0.05) is 18.2 Å². The molecule has 1 unspecified atom stereocenters. The molecular weight excluding hydrogens is 500 g/mol. The highest BCUT2D eigenvalue weighted by Crippen LogP contribution is 2.40. The molecular formula is C30H34N2O7. The van der Waals surface area contributed by atoms with Gasteiger partial charge in [0.2, 0.25) is 5.75 Å². The lowest BCUT2D eigenvalue weighted by atomic mass is 10.1. The molecule has 1 atom stereocenters. The van der Waals surface area contributed by atoms with Crippen molar-refractivity contribution in [2.75, 3.05) is 43.2 Å². The number of rotatable bonds is 12. The zero-order valence-corrected chi connectivity index (χ0v) is 22.7. The first kappa shape index (κ1) is 27.6. The summed E-state index contributed by atoms with van der Waals surface area (Å²) in [4.78, 5) is 27.9. The van der Waals surface area contributed by atoms with Crippen molar-refractivity contribution in [1.82, 2.24) is 0 Å². The van der Waals surface area contributed by atoms with Crippen LogP contribution in [0.5, 0.6) is 28.7 Å². The third kappa shape index (κ3) is 6.54. The topological polar surface area (TPSA) is 95.6 Å². The van der Waals surface area contributed by atoms with Gasteiger partial charge in [-0.05, 0) is 70.2 Å². The fourth-order valence-electron chi connectivity index (χ4n) is 4.21. The molecule has 0 saturated heterocycles. The maximum Gasteiger partial charge on any atom is 0.267 e. The van der Waals surface area contributed by atoms with Gasteiger partial charge in [0.05, 0.1) is 32.1 Å². The molecule has 3 aromatic carbocycles. The Balaban J connectivity index is 1.56. The lowest BCUT2D eigenvalue weighted by Crippen LogP contribution is -2.46. The van der Waals surface area contributed by atoms with Gasteiger partial charge in [-0.3, -0.25) is 9.59 Å². The first-order valence-electron chi connectivity index (χ1n) is 13.1. The number of para-hydroxylation sites is 1. The van der Waals surface area contributed by atoms with Crippen molar-refractivity contribution < 1.29 is 33.3 Å². The summed E-state index contributed by atoms with van der Waals surface area (Å²) >= 11 is 0. The lowest BCUT2D eigenvalue weighted by molar-refractivity contribution is -0.125. The van der Waals surface area contributed by atoms with E-state index in [1.165, 1.54) is 0 Å². The van der Waals surface area contributed by atoms with Crippen LogP contribution in [-0.2, 0) is 4.79 Å². The van der Waals surface area contributed by atoms with Crippen molar-refractivity contribution >= 4 is 23.2 Å². The van der Waals surface area contributed by atoms with Gasteiger partial charge in [-0.25, -0.2) is 0 Å². The molecule has 1 N–H and O–H groups in total. The molecule has 0 spiro atoms. The van der Waals surface area contributed by atoms with Crippen LogP contribution in [0.25, 0.3) is 0 Å². The SMILES string of the molecule is CCOc1cc(C(=O)Nc2ccc3c(c2)N(CCOc2ccccc2)C(=O)C(C)O3)cc(OCC)c1OCC. The Morgan fingerprint density at radius 2 is 1.56 bits per heavy atom. The van der Waals surface area contributed by atoms with Crippen LogP contribution >= 0.6 is 0 Å². The van der Waals surface area contributed by atoms with Gasteiger partial charge in [0.25, 0.3) is 11.8 Å². The number of fused-ring (bicyclic) bond motifs is 1. The Morgan fingerprint density at radius 3 is 2.21 bits per heavy atom. The molecule has 2 amide bonds. The molecule has 0 aromatic heterocycles.